The van der Waals surface area contributed by atoms with Crippen LogP contribution in [0.1, 0.15) is 5.56 Å². The molecule has 2 aromatic heterocycles. The maximum atomic E-state index is 5.86. The molecule has 3 rings (SSSR count). The fourth-order valence-corrected chi connectivity index (χ4v) is 2.25. The van der Waals surface area contributed by atoms with Crippen molar-refractivity contribution in [1.29, 1.82) is 0 Å². The van der Waals surface area contributed by atoms with Crippen molar-refractivity contribution >= 4 is 17.3 Å². The lowest BCUT2D eigenvalue weighted by molar-refractivity contribution is 0.407. The standard InChI is InChI=1S/C18H16ClN3O2/c1-23-15-3-2-4-16(10-15)24-18-6-5-13(12-22-18)11-21-14-7-8-20-17(19)9-14/h2-10,12H,11H2,1H3,(H,20,21). The van der Waals surface area contributed by atoms with Gasteiger partial charge in [0.25, 0.3) is 0 Å². The average Bonchev–Trinajstić information content (AvgIpc) is 2.61. The minimum absolute atomic E-state index is 0.458. The molecule has 0 bridgehead atoms. The van der Waals surface area contributed by atoms with E-state index in [1.807, 2.05) is 42.5 Å². The Kier molecular flexibility index (Phi) is 5.13. The van der Waals surface area contributed by atoms with E-state index in [0.29, 0.717) is 23.3 Å². The summed E-state index contributed by atoms with van der Waals surface area (Å²) in [6.45, 7) is 0.632. The quantitative estimate of drug-likeness (QED) is 0.667. The average molecular weight is 342 g/mol. The van der Waals surface area contributed by atoms with Crippen molar-refractivity contribution < 1.29 is 9.47 Å². The fraction of sp³-hybridized carbons (Fsp3) is 0.111. The summed E-state index contributed by atoms with van der Waals surface area (Å²) in [4.78, 5) is 8.26. The molecule has 6 heteroatoms. The van der Waals surface area contributed by atoms with Gasteiger partial charge in [-0.1, -0.05) is 23.7 Å². The molecule has 5 nitrogen and oxygen atoms in total. The lowest BCUT2D eigenvalue weighted by atomic mass is 10.2. The van der Waals surface area contributed by atoms with Crippen molar-refractivity contribution in [3.8, 4) is 17.4 Å². The Bertz CT molecular complexity index is 809. The zero-order chi connectivity index (χ0) is 16.8. The molecule has 122 valence electrons. The van der Waals surface area contributed by atoms with Gasteiger partial charge in [0.2, 0.25) is 5.88 Å². The van der Waals surface area contributed by atoms with Gasteiger partial charge in [-0.2, -0.15) is 0 Å². The summed E-state index contributed by atoms with van der Waals surface area (Å²) in [5.74, 6) is 1.95. The van der Waals surface area contributed by atoms with Gasteiger partial charge in [0.05, 0.1) is 7.11 Å². The molecular formula is C18H16ClN3O2. The van der Waals surface area contributed by atoms with Gasteiger partial charge >= 0.3 is 0 Å². The Balaban J connectivity index is 1.60. The number of hydrogen-bond donors (Lipinski definition) is 1. The van der Waals surface area contributed by atoms with E-state index in [0.717, 1.165) is 17.0 Å². The van der Waals surface area contributed by atoms with Crippen LogP contribution in [0.3, 0.4) is 0 Å². The van der Waals surface area contributed by atoms with E-state index in [2.05, 4.69) is 15.3 Å². The maximum Gasteiger partial charge on any atom is 0.219 e. The Morgan fingerprint density at radius 1 is 1.04 bits per heavy atom. The van der Waals surface area contributed by atoms with Crippen LogP contribution in [-0.4, -0.2) is 17.1 Å². The van der Waals surface area contributed by atoms with Crippen molar-refractivity contribution in [2.45, 2.75) is 6.54 Å². The van der Waals surface area contributed by atoms with Crippen LogP contribution in [0.4, 0.5) is 5.69 Å². The van der Waals surface area contributed by atoms with E-state index in [1.165, 1.54) is 0 Å². The van der Waals surface area contributed by atoms with Gasteiger partial charge in [-0.3, -0.25) is 0 Å². The second-order valence-corrected chi connectivity index (χ2v) is 5.39. The van der Waals surface area contributed by atoms with Crippen LogP contribution in [0.25, 0.3) is 0 Å². The predicted octanol–water partition coefficient (Wildman–Crippen LogP) is 4.54. The van der Waals surface area contributed by atoms with E-state index in [4.69, 9.17) is 21.1 Å². The number of ether oxygens (including phenoxy) is 2. The van der Waals surface area contributed by atoms with Gasteiger partial charge in [-0.15, -0.1) is 0 Å². The van der Waals surface area contributed by atoms with Crippen LogP contribution in [0.5, 0.6) is 17.4 Å². The molecule has 0 aliphatic rings. The van der Waals surface area contributed by atoms with E-state index >= 15 is 0 Å². The van der Waals surface area contributed by atoms with Crippen molar-refractivity contribution in [2.75, 3.05) is 12.4 Å². The molecule has 0 fully saturated rings. The number of nitrogens with one attached hydrogen (secondary N) is 1. The minimum atomic E-state index is 0.458. The van der Waals surface area contributed by atoms with Gasteiger partial charge in [-0.25, -0.2) is 9.97 Å². The molecular weight excluding hydrogens is 326 g/mol. The number of pyridine rings is 2. The highest BCUT2D eigenvalue weighted by atomic mass is 35.5. The molecule has 0 spiro atoms. The Morgan fingerprint density at radius 2 is 1.92 bits per heavy atom. The number of benzene rings is 1. The first-order valence-electron chi connectivity index (χ1n) is 7.35. The molecule has 24 heavy (non-hydrogen) atoms. The van der Waals surface area contributed by atoms with Gasteiger partial charge < -0.3 is 14.8 Å². The Morgan fingerprint density at radius 3 is 2.67 bits per heavy atom. The topological polar surface area (TPSA) is 56.3 Å². The van der Waals surface area contributed by atoms with Crippen molar-refractivity contribution in [2.24, 2.45) is 0 Å². The van der Waals surface area contributed by atoms with E-state index in [9.17, 15) is 0 Å². The highest BCUT2D eigenvalue weighted by molar-refractivity contribution is 6.29. The third kappa shape index (κ3) is 4.36. The zero-order valence-electron chi connectivity index (χ0n) is 13.1. The normalized spacial score (nSPS) is 10.2. The molecule has 0 aliphatic heterocycles. The largest absolute Gasteiger partial charge is 0.497 e. The number of rotatable bonds is 6. The summed E-state index contributed by atoms with van der Waals surface area (Å²) < 4.78 is 10.9. The summed E-state index contributed by atoms with van der Waals surface area (Å²) in [5, 5.41) is 3.72. The zero-order valence-corrected chi connectivity index (χ0v) is 13.8. The van der Waals surface area contributed by atoms with Crippen molar-refractivity contribution in [1.82, 2.24) is 9.97 Å². The molecule has 0 radical (unpaired) electrons. The smallest absolute Gasteiger partial charge is 0.219 e. The molecule has 3 aromatic rings. The second kappa shape index (κ2) is 7.66. The lowest BCUT2D eigenvalue weighted by Gasteiger charge is -2.08. The summed E-state index contributed by atoms with van der Waals surface area (Å²) in [7, 11) is 1.62. The number of nitrogens with zero attached hydrogens (tertiary/aromatic N) is 2. The Labute approximate surface area is 145 Å². The third-order valence-electron chi connectivity index (χ3n) is 3.28. The van der Waals surface area contributed by atoms with Crippen LogP contribution in [0.2, 0.25) is 5.15 Å². The summed E-state index contributed by atoms with van der Waals surface area (Å²) in [5.41, 5.74) is 1.94. The van der Waals surface area contributed by atoms with Crippen LogP contribution >= 0.6 is 11.6 Å². The summed E-state index contributed by atoms with van der Waals surface area (Å²) in [6.07, 6.45) is 3.43. The molecule has 0 aliphatic carbocycles. The number of aromatic nitrogens is 2. The predicted molar refractivity (Wildman–Crippen MR) is 93.9 cm³/mol. The minimum Gasteiger partial charge on any atom is -0.497 e. The summed E-state index contributed by atoms with van der Waals surface area (Å²) >= 11 is 5.86. The monoisotopic (exact) mass is 341 g/mol. The molecule has 0 saturated carbocycles. The van der Waals surface area contributed by atoms with Gasteiger partial charge in [0.15, 0.2) is 0 Å². The number of anilines is 1. The van der Waals surface area contributed by atoms with Gasteiger partial charge in [-0.05, 0) is 29.8 Å². The molecule has 0 unspecified atom stereocenters. The maximum absolute atomic E-state index is 5.86. The van der Waals surface area contributed by atoms with E-state index in [1.54, 1.807) is 25.6 Å². The van der Waals surface area contributed by atoms with Crippen molar-refractivity contribution in [3.63, 3.8) is 0 Å². The molecule has 1 aromatic carbocycles. The first-order chi connectivity index (χ1) is 11.7. The molecule has 1 N–H and O–H groups in total. The number of halogens is 1. The van der Waals surface area contributed by atoms with E-state index in [-0.39, 0.29) is 0 Å². The van der Waals surface area contributed by atoms with Gasteiger partial charge in [0.1, 0.15) is 16.7 Å². The lowest BCUT2D eigenvalue weighted by Crippen LogP contribution is -2.00. The summed E-state index contributed by atoms with van der Waals surface area (Å²) in [6, 6.07) is 14.8. The third-order valence-corrected chi connectivity index (χ3v) is 3.49. The van der Waals surface area contributed by atoms with Crippen molar-refractivity contribution in [3.05, 3.63) is 71.6 Å². The van der Waals surface area contributed by atoms with Gasteiger partial charge in [0, 0.05) is 36.8 Å². The SMILES string of the molecule is COc1cccc(Oc2ccc(CNc3ccnc(Cl)c3)cn2)c1. The highest BCUT2D eigenvalue weighted by Gasteiger charge is 2.02. The second-order valence-electron chi connectivity index (χ2n) is 5.01. The Hall–Kier alpha value is -2.79. The van der Waals surface area contributed by atoms with Crippen LogP contribution in [0.15, 0.2) is 60.9 Å². The molecule has 0 amide bonds. The fourth-order valence-electron chi connectivity index (χ4n) is 2.08. The first kappa shape index (κ1) is 16.1. The molecule has 0 atom stereocenters. The van der Waals surface area contributed by atoms with Crippen LogP contribution < -0.4 is 14.8 Å². The highest BCUT2D eigenvalue weighted by Crippen LogP contribution is 2.24. The van der Waals surface area contributed by atoms with E-state index < -0.39 is 0 Å². The van der Waals surface area contributed by atoms with Crippen LogP contribution in [0, 0.1) is 0 Å². The molecule has 0 saturated heterocycles. The molecule has 2 heterocycles. The number of hydrogen-bond acceptors (Lipinski definition) is 5. The van der Waals surface area contributed by atoms with Crippen LogP contribution in [-0.2, 0) is 6.54 Å². The number of methoxy groups -OCH3 is 1. The first-order valence-corrected chi connectivity index (χ1v) is 7.73.